The Morgan fingerprint density at radius 1 is 1.00 bits per heavy atom. The maximum absolute atomic E-state index is 12.5. The number of aromatic nitrogens is 3. The van der Waals surface area contributed by atoms with Crippen molar-refractivity contribution in [3.63, 3.8) is 0 Å². The summed E-state index contributed by atoms with van der Waals surface area (Å²) >= 11 is 13.5. The number of hydrogen-bond donors (Lipinski definition) is 1. The summed E-state index contributed by atoms with van der Waals surface area (Å²) in [6.07, 6.45) is 0. The van der Waals surface area contributed by atoms with Crippen LogP contribution in [-0.2, 0) is 4.79 Å². The predicted molar refractivity (Wildman–Crippen MR) is 129 cm³/mol. The van der Waals surface area contributed by atoms with Gasteiger partial charge in [-0.15, -0.1) is 10.2 Å². The van der Waals surface area contributed by atoms with E-state index in [0.717, 1.165) is 17.0 Å². The van der Waals surface area contributed by atoms with Gasteiger partial charge in [-0.2, -0.15) is 0 Å². The maximum Gasteiger partial charge on any atom is 0.234 e. The van der Waals surface area contributed by atoms with Gasteiger partial charge in [-0.3, -0.25) is 9.36 Å². The van der Waals surface area contributed by atoms with Crippen LogP contribution in [0.3, 0.4) is 0 Å². The Labute approximate surface area is 199 Å². The van der Waals surface area contributed by atoms with Gasteiger partial charge in [0.05, 0.1) is 28.6 Å². The zero-order valence-electron chi connectivity index (χ0n) is 17.0. The lowest BCUT2D eigenvalue weighted by molar-refractivity contribution is -0.113. The molecule has 32 heavy (non-hydrogen) atoms. The van der Waals surface area contributed by atoms with Crippen molar-refractivity contribution in [1.82, 2.24) is 14.8 Å². The molecule has 9 heteroatoms. The van der Waals surface area contributed by atoms with Crippen LogP contribution in [0.5, 0.6) is 5.75 Å². The number of benzene rings is 3. The van der Waals surface area contributed by atoms with E-state index in [1.54, 1.807) is 25.3 Å². The number of para-hydroxylation sites is 1. The Morgan fingerprint density at radius 3 is 2.47 bits per heavy atom. The molecule has 1 heterocycles. The Hall–Kier alpha value is -3.00. The summed E-state index contributed by atoms with van der Waals surface area (Å²) in [5, 5.41) is 12.8. The van der Waals surface area contributed by atoms with Gasteiger partial charge in [-0.1, -0.05) is 59.2 Å². The zero-order chi connectivity index (χ0) is 22.5. The number of hydrogen-bond acceptors (Lipinski definition) is 5. The van der Waals surface area contributed by atoms with Crippen LogP contribution in [0.2, 0.25) is 10.0 Å². The molecule has 1 aromatic heterocycles. The van der Waals surface area contributed by atoms with Crippen molar-refractivity contribution in [2.24, 2.45) is 0 Å². The minimum atomic E-state index is -0.229. The smallest absolute Gasteiger partial charge is 0.234 e. The summed E-state index contributed by atoms with van der Waals surface area (Å²) in [4.78, 5) is 12.5. The number of ether oxygens (including phenoxy) is 1. The van der Waals surface area contributed by atoms with Crippen molar-refractivity contribution in [3.8, 4) is 22.8 Å². The first-order valence-corrected chi connectivity index (χ1v) is 11.3. The number of amides is 1. The van der Waals surface area contributed by atoms with Crippen LogP contribution in [0.15, 0.2) is 78.0 Å². The lowest BCUT2D eigenvalue weighted by Crippen LogP contribution is -2.15. The van der Waals surface area contributed by atoms with E-state index in [4.69, 9.17) is 27.9 Å². The number of nitrogens with zero attached hydrogens (tertiary/aromatic N) is 3. The summed E-state index contributed by atoms with van der Waals surface area (Å²) in [6.45, 7) is 0. The lowest BCUT2D eigenvalue weighted by atomic mass is 10.2. The van der Waals surface area contributed by atoms with E-state index in [1.165, 1.54) is 11.8 Å². The number of methoxy groups -OCH3 is 1. The van der Waals surface area contributed by atoms with Gasteiger partial charge in [0.2, 0.25) is 5.91 Å². The molecule has 162 valence electrons. The maximum atomic E-state index is 12.5. The molecule has 0 radical (unpaired) electrons. The predicted octanol–water partition coefficient (Wildman–Crippen LogP) is 5.98. The quantitative estimate of drug-likeness (QED) is 0.326. The Balaban J connectivity index is 1.59. The van der Waals surface area contributed by atoms with E-state index < -0.39 is 0 Å². The summed E-state index contributed by atoms with van der Waals surface area (Å²) in [6, 6.07) is 22.4. The fourth-order valence-electron chi connectivity index (χ4n) is 3.02. The molecule has 0 unspecified atom stereocenters. The number of anilines is 1. The zero-order valence-corrected chi connectivity index (χ0v) is 19.3. The molecule has 0 bridgehead atoms. The molecule has 1 amide bonds. The molecule has 0 aliphatic rings. The minimum absolute atomic E-state index is 0.121. The van der Waals surface area contributed by atoms with E-state index in [0.29, 0.717) is 26.7 Å². The molecule has 4 aromatic rings. The van der Waals surface area contributed by atoms with Crippen LogP contribution in [-0.4, -0.2) is 33.5 Å². The van der Waals surface area contributed by atoms with Crippen molar-refractivity contribution in [1.29, 1.82) is 0 Å². The highest BCUT2D eigenvalue weighted by Crippen LogP contribution is 2.31. The molecule has 0 aliphatic heterocycles. The molecule has 6 nitrogen and oxygen atoms in total. The van der Waals surface area contributed by atoms with Gasteiger partial charge < -0.3 is 10.1 Å². The van der Waals surface area contributed by atoms with Crippen molar-refractivity contribution >= 4 is 46.6 Å². The first-order chi connectivity index (χ1) is 15.6. The van der Waals surface area contributed by atoms with Crippen LogP contribution >= 0.6 is 35.0 Å². The topological polar surface area (TPSA) is 69.0 Å². The molecule has 0 saturated heterocycles. The summed E-state index contributed by atoms with van der Waals surface area (Å²) in [5.41, 5.74) is 2.24. The molecule has 4 rings (SSSR count). The number of thioether (sulfide) groups is 1. The third-order valence-corrected chi connectivity index (χ3v) is 6.30. The molecule has 0 saturated carbocycles. The second-order valence-corrected chi connectivity index (χ2v) is 8.37. The van der Waals surface area contributed by atoms with Crippen molar-refractivity contribution in [2.45, 2.75) is 5.16 Å². The Morgan fingerprint density at radius 2 is 1.75 bits per heavy atom. The van der Waals surface area contributed by atoms with Crippen LogP contribution in [0, 0.1) is 0 Å². The Bertz CT molecular complexity index is 1230. The van der Waals surface area contributed by atoms with E-state index in [1.807, 2.05) is 59.2 Å². The normalized spacial score (nSPS) is 10.7. The molecule has 1 N–H and O–H groups in total. The van der Waals surface area contributed by atoms with E-state index in [2.05, 4.69) is 15.5 Å². The number of halogens is 2. The van der Waals surface area contributed by atoms with E-state index in [9.17, 15) is 4.79 Å². The lowest BCUT2D eigenvalue weighted by Gasteiger charge is -2.11. The van der Waals surface area contributed by atoms with Gasteiger partial charge in [0, 0.05) is 11.3 Å². The first-order valence-electron chi connectivity index (χ1n) is 9.58. The van der Waals surface area contributed by atoms with Crippen LogP contribution < -0.4 is 10.1 Å². The van der Waals surface area contributed by atoms with Crippen molar-refractivity contribution < 1.29 is 9.53 Å². The van der Waals surface area contributed by atoms with Gasteiger partial charge in [0.15, 0.2) is 11.0 Å². The number of nitrogens with one attached hydrogen (secondary N) is 1. The molecular formula is C23H18Cl2N4O2S. The van der Waals surface area contributed by atoms with Gasteiger partial charge in [-0.05, 0) is 48.5 Å². The van der Waals surface area contributed by atoms with Crippen molar-refractivity contribution in [3.05, 3.63) is 82.8 Å². The third kappa shape index (κ3) is 4.91. The van der Waals surface area contributed by atoms with E-state index >= 15 is 0 Å². The largest absolute Gasteiger partial charge is 0.497 e. The SMILES string of the molecule is COc1ccc(-c2nnc(SCC(=O)Nc3cccc(Cl)c3Cl)n2-c2ccccc2)cc1. The third-order valence-electron chi connectivity index (χ3n) is 4.55. The molecule has 0 fully saturated rings. The molecular weight excluding hydrogens is 467 g/mol. The van der Waals surface area contributed by atoms with Crippen LogP contribution in [0.25, 0.3) is 17.1 Å². The molecule has 0 aliphatic carbocycles. The monoisotopic (exact) mass is 484 g/mol. The highest BCUT2D eigenvalue weighted by molar-refractivity contribution is 7.99. The highest BCUT2D eigenvalue weighted by Gasteiger charge is 2.18. The van der Waals surface area contributed by atoms with E-state index in [-0.39, 0.29) is 11.7 Å². The highest BCUT2D eigenvalue weighted by atomic mass is 35.5. The second-order valence-electron chi connectivity index (χ2n) is 6.64. The summed E-state index contributed by atoms with van der Waals surface area (Å²) in [5.74, 6) is 1.31. The number of carbonyl (C=O) groups excluding carboxylic acids is 1. The fraction of sp³-hybridized carbons (Fsp3) is 0.0870. The number of carbonyl (C=O) groups is 1. The standard InChI is InChI=1S/C23H18Cl2N4O2S/c1-31-17-12-10-15(11-13-17)22-27-28-23(29(22)16-6-3-2-4-7-16)32-14-20(30)26-19-9-5-8-18(24)21(19)25/h2-13H,14H2,1H3,(H,26,30). The fourth-order valence-corrected chi connectivity index (χ4v) is 4.12. The number of rotatable bonds is 7. The van der Waals surface area contributed by atoms with Gasteiger partial charge >= 0.3 is 0 Å². The minimum Gasteiger partial charge on any atom is -0.497 e. The molecule has 0 atom stereocenters. The van der Waals surface area contributed by atoms with Crippen LogP contribution in [0.1, 0.15) is 0 Å². The van der Waals surface area contributed by atoms with Gasteiger partial charge in [0.1, 0.15) is 5.75 Å². The average Bonchev–Trinajstić information content (AvgIpc) is 3.25. The molecule has 0 spiro atoms. The molecule has 3 aromatic carbocycles. The summed E-state index contributed by atoms with van der Waals surface area (Å²) < 4.78 is 7.17. The van der Waals surface area contributed by atoms with Gasteiger partial charge in [0.25, 0.3) is 0 Å². The summed E-state index contributed by atoms with van der Waals surface area (Å²) in [7, 11) is 1.62. The first kappa shape index (κ1) is 22.2. The van der Waals surface area contributed by atoms with Crippen LogP contribution in [0.4, 0.5) is 5.69 Å². The average molecular weight is 485 g/mol. The Kier molecular flexibility index (Phi) is 6.99. The van der Waals surface area contributed by atoms with Crippen molar-refractivity contribution in [2.75, 3.05) is 18.2 Å². The van der Waals surface area contributed by atoms with Gasteiger partial charge in [-0.25, -0.2) is 0 Å². The second kappa shape index (κ2) is 10.1.